The molecule has 0 radical (unpaired) electrons. The first kappa shape index (κ1) is 19.9. The molecule has 7 nitrogen and oxygen atoms in total. The Morgan fingerprint density at radius 3 is 2.21 bits per heavy atom. The predicted octanol–water partition coefficient (Wildman–Crippen LogP) is 2.06. The summed E-state index contributed by atoms with van der Waals surface area (Å²) in [4.78, 5) is 38.7. The van der Waals surface area contributed by atoms with E-state index in [9.17, 15) is 14.4 Å². The van der Waals surface area contributed by atoms with Crippen molar-refractivity contribution >= 4 is 17.4 Å². The molecule has 0 saturated carbocycles. The molecule has 0 atom stereocenters. The number of hydrogen-bond acceptors (Lipinski definition) is 4. The topological polar surface area (TPSA) is 76.3 Å². The van der Waals surface area contributed by atoms with Crippen molar-refractivity contribution in [2.45, 2.75) is 32.6 Å². The van der Waals surface area contributed by atoms with Crippen LogP contribution in [0.2, 0.25) is 0 Å². The third-order valence-electron chi connectivity index (χ3n) is 5.54. The maximum atomic E-state index is 12.6. The van der Waals surface area contributed by atoms with E-state index >= 15 is 0 Å². The Morgan fingerprint density at radius 1 is 1.04 bits per heavy atom. The molecule has 3 rings (SSSR count). The van der Waals surface area contributed by atoms with Crippen molar-refractivity contribution in [3.05, 3.63) is 56.7 Å². The SMILES string of the molecule is CC(C)c1ccc(NC(=O)C2CCN(c3cc(=O)n(C)c(=O)n3C)CC2)cc1. The van der Waals surface area contributed by atoms with Crippen LogP contribution in [0.4, 0.5) is 11.5 Å². The number of hydrogen-bond donors (Lipinski definition) is 1. The average molecular weight is 384 g/mol. The van der Waals surface area contributed by atoms with Gasteiger partial charge >= 0.3 is 5.69 Å². The molecule has 1 aliphatic heterocycles. The lowest BCUT2D eigenvalue weighted by Gasteiger charge is -2.33. The summed E-state index contributed by atoms with van der Waals surface area (Å²) in [5, 5.41) is 3.00. The Balaban J connectivity index is 1.63. The highest BCUT2D eigenvalue weighted by Gasteiger charge is 2.26. The zero-order valence-electron chi connectivity index (χ0n) is 16.9. The zero-order valence-corrected chi connectivity index (χ0v) is 16.9. The van der Waals surface area contributed by atoms with Gasteiger partial charge in [0.2, 0.25) is 5.91 Å². The van der Waals surface area contributed by atoms with E-state index in [4.69, 9.17) is 0 Å². The van der Waals surface area contributed by atoms with E-state index in [2.05, 4.69) is 19.2 Å². The van der Waals surface area contributed by atoms with E-state index in [0.29, 0.717) is 37.7 Å². The highest BCUT2D eigenvalue weighted by molar-refractivity contribution is 5.92. The normalized spacial score (nSPS) is 15.1. The van der Waals surface area contributed by atoms with Gasteiger partial charge in [0.15, 0.2) is 0 Å². The minimum absolute atomic E-state index is 0.0230. The van der Waals surface area contributed by atoms with Crippen molar-refractivity contribution in [2.75, 3.05) is 23.3 Å². The summed E-state index contributed by atoms with van der Waals surface area (Å²) in [7, 11) is 3.13. The molecule has 1 fully saturated rings. The molecule has 150 valence electrons. The summed E-state index contributed by atoms with van der Waals surface area (Å²) in [6, 6.07) is 9.45. The van der Waals surface area contributed by atoms with Crippen molar-refractivity contribution in [3.8, 4) is 0 Å². The number of anilines is 2. The first-order chi connectivity index (χ1) is 13.3. The highest BCUT2D eigenvalue weighted by atomic mass is 16.2. The van der Waals surface area contributed by atoms with Crippen LogP contribution in [0, 0.1) is 5.92 Å². The average Bonchev–Trinajstić information content (AvgIpc) is 2.69. The molecule has 1 aromatic heterocycles. The van der Waals surface area contributed by atoms with Crippen molar-refractivity contribution in [1.29, 1.82) is 0 Å². The standard InChI is InChI=1S/C21H28N4O3/c1-14(2)15-5-7-17(8-6-15)22-20(27)16-9-11-25(12-10-16)18-13-19(26)24(4)21(28)23(18)3/h5-8,13-14,16H,9-12H2,1-4H3,(H,22,27). The fraction of sp³-hybridized carbons (Fsp3) is 0.476. The number of carbonyl (C=O) groups is 1. The molecule has 1 amide bonds. The number of nitrogens with one attached hydrogen (secondary N) is 1. The van der Waals surface area contributed by atoms with Gasteiger partial charge in [-0.1, -0.05) is 26.0 Å². The zero-order chi connectivity index (χ0) is 20.4. The third-order valence-corrected chi connectivity index (χ3v) is 5.54. The van der Waals surface area contributed by atoms with Gasteiger partial charge < -0.3 is 10.2 Å². The highest BCUT2D eigenvalue weighted by Crippen LogP contribution is 2.23. The molecule has 2 heterocycles. The maximum absolute atomic E-state index is 12.6. The van der Waals surface area contributed by atoms with Gasteiger partial charge in [0, 0.05) is 44.9 Å². The van der Waals surface area contributed by atoms with Gasteiger partial charge in [-0.2, -0.15) is 0 Å². The number of piperidine rings is 1. The number of benzene rings is 1. The summed E-state index contributed by atoms with van der Waals surface area (Å²) in [5.74, 6) is 1.01. The second kappa shape index (κ2) is 8.04. The number of amides is 1. The summed E-state index contributed by atoms with van der Waals surface area (Å²) in [6.07, 6.45) is 1.36. The Bertz CT molecular complexity index is 965. The number of rotatable bonds is 4. The number of aromatic nitrogens is 2. The second-order valence-corrected chi connectivity index (χ2v) is 7.77. The third kappa shape index (κ3) is 4.03. The summed E-state index contributed by atoms with van der Waals surface area (Å²) in [6.45, 7) is 5.54. The Labute approximate surface area is 164 Å². The van der Waals surface area contributed by atoms with Crippen LogP contribution in [0.15, 0.2) is 39.9 Å². The van der Waals surface area contributed by atoms with Gasteiger partial charge in [0.25, 0.3) is 5.56 Å². The first-order valence-electron chi connectivity index (χ1n) is 9.70. The van der Waals surface area contributed by atoms with E-state index in [1.54, 1.807) is 7.05 Å². The fourth-order valence-electron chi connectivity index (χ4n) is 3.59. The van der Waals surface area contributed by atoms with Gasteiger partial charge in [-0.05, 0) is 36.5 Å². The minimum Gasteiger partial charge on any atom is -0.358 e. The monoisotopic (exact) mass is 384 g/mol. The number of nitrogens with zero attached hydrogens (tertiary/aromatic N) is 3. The van der Waals surface area contributed by atoms with Crippen molar-refractivity contribution in [3.63, 3.8) is 0 Å². The largest absolute Gasteiger partial charge is 0.358 e. The van der Waals surface area contributed by atoms with Crippen molar-refractivity contribution in [2.24, 2.45) is 20.0 Å². The van der Waals surface area contributed by atoms with Crippen LogP contribution in [0.1, 0.15) is 38.2 Å². The van der Waals surface area contributed by atoms with E-state index in [1.807, 2.05) is 29.2 Å². The molecule has 2 aromatic rings. The maximum Gasteiger partial charge on any atom is 0.332 e. The van der Waals surface area contributed by atoms with Crippen LogP contribution in [-0.4, -0.2) is 28.1 Å². The van der Waals surface area contributed by atoms with Crippen molar-refractivity contribution in [1.82, 2.24) is 9.13 Å². The quantitative estimate of drug-likeness (QED) is 0.875. The van der Waals surface area contributed by atoms with Gasteiger partial charge in [-0.3, -0.25) is 18.7 Å². The molecule has 1 aromatic carbocycles. The van der Waals surface area contributed by atoms with E-state index in [0.717, 1.165) is 10.3 Å². The molecule has 1 saturated heterocycles. The van der Waals surface area contributed by atoms with E-state index in [-0.39, 0.29) is 23.1 Å². The molecule has 0 unspecified atom stereocenters. The van der Waals surface area contributed by atoms with Gasteiger partial charge in [-0.15, -0.1) is 0 Å². The second-order valence-electron chi connectivity index (χ2n) is 7.77. The minimum atomic E-state index is -0.341. The van der Waals surface area contributed by atoms with E-state index in [1.165, 1.54) is 23.2 Å². The summed E-state index contributed by atoms with van der Waals surface area (Å²) in [5.41, 5.74) is 1.40. The van der Waals surface area contributed by atoms with Crippen LogP contribution in [0.5, 0.6) is 0 Å². The first-order valence-corrected chi connectivity index (χ1v) is 9.70. The summed E-state index contributed by atoms with van der Waals surface area (Å²) >= 11 is 0. The lowest BCUT2D eigenvalue weighted by Crippen LogP contribution is -2.44. The molecule has 0 bridgehead atoms. The lowest BCUT2D eigenvalue weighted by atomic mass is 9.95. The van der Waals surface area contributed by atoms with Crippen LogP contribution >= 0.6 is 0 Å². The molecular weight excluding hydrogens is 356 g/mol. The van der Waals surface area contributed by atoms with Gasteiger partial charge in [0.05, 0.1) is 0 Å². The molecule has 1 N–H and O–H groups in total. The van der Waals surface area contributed by atoms with Crippen LogP contribution < -0.4 is 21.5 Å². The van der Waals surface area contributed by atoms with Crippen molar-refractivity contribution < 1.29 is 4.79 Å². The molecule has 28 heavy (non-hydrogen) atoms. The van der Waals surface area contributed by atoms with E-state index < -0.39 is 0 Å². The predicted molar refractivity (Wildman–Crippen MR) is 111 cm³/mol. The Hall–Kier alpha value is -2.83. The molecule has 7 heteroatoms. The van der Waals surface area contributed by atoms with Gasteiger partial charge in [-0.25, -0.2) is 4.79 Å². The number of carbonyl (C=O) groups excluding carboxylic acids is 1. The molecule has 0 spiro atoms. The Morgan fingerprint density at radius 2 is 1.64 bits per heavy atom. The lowest BCUT2D eigenvalue weighted by molar-refractivity contribution is -0.120. The summed E-state index contributed by atoms with van der Waals surface area (Å²) < 4.78 is 2.58. The van der Waals surface area contributed by atoms with Gasteiger partial charge in [0.1, 0.15) is 5.82 Å². The van der Waals surface area contributed by atoms with Crippen LogP contribution in [0.3, 0.4) is 0 Å². The van der Waals surface area contributed by atoms with Crippen LogP contribution in [0.25, 0.3) is 0 Å². The molecular formula is C21H28N4O3. The Kier molecular flexibility index (Phi) is 5.72. The molecule has 0 aliphatic carbocycles. The van der Waals surface area contributed by atoms with Crippen LogP contribution in [-0.2, 0) is 18.9 Å². The molecule has 1 aliphatic rings. The fourth-order valence-corrected chi connectivity index (χ4v) is 3.59. The smallest absolute Gasteiger partial charge is 0.332 e.